The number of nitrogens with zero attached hydrogens (tertiary/aromatic N) is 1. The lowest BCUT2D eigenvalue weighted by molar-refractivity contribution is 0.393. The third-order valence-electron chi connectivity index (χ3n) is 2.58. The Morgan fingerprint density at radius 2 is 2.29 bits per heavy atom. The number of methoxy groups -OCH3 is 1. The summed E-state index contributed by atoms with van der Waals surface area (Å²) in [5.74, 6) is 0.273. The van der Waals surface area contributed by atoms with Gasteiger partial charge in [0.05, 0.1) is 13.2 Å². The maximum atomic E-state index is 13.7. The van der Waals surface area contributed by atoms with Crippen LogP contribution < -0.4 is 10.1 Å². The van der Waals surface area contributed by atoms with Crippen molar-refractivity contribution >= 4 is 0 Å². The van der Waals surface area contributed by atoms with Gasteiger partial charge in [0, 0.05) is 18.0 Å². The van der Waals surface area contributed by atoms with Crippen LogP contribution in [0.5, 0.6) is 5.75 Å². The van der Waals surface area contributed by atoms with E-state index < -0.39 is 0 Å². The summed E-state index contributed by atoms with van der Waals surface area (Å²) in [6.07, 6.45) is 1.27. The molecule has 0 aromatic heterocycles. The van der Waals surface area contributed by atoms with Crippen LogP contribution in [-0.4, -0.2) is 13.7 Å². The van der Waals surface area contributed by atoms with E-state index in [1.54, 1.807) is 12.1 Å². The number of unbranched alkanes of at least 4 members (excludes halogenated alkanes) is 1. The molecule has 0 unspecified atom stereocenters. The molecule has 3 nitrogen and oxygen atoms in total. The molecule has 0 aliphatic rings. The molecule has 1 rings (SSSR count). The molecule has 0 amide bonds. The zero-order chi connectivity index (χ0) is 12.7. The molecule has 0 aliphatic heterocycles. The minimum atomic E-state index is -0.273. The van der Waals surface area contributed by atoms with Gasteiger partial charge in [-0.2, -0.15) is 5.26 Å². The first kappa shape index (κ1) is 13.5. The maximum absolute atomic E-state index is 13.7. The van der Waals surface area contributed by atoms with Gasteiger partial charge < -0.3 is 10.1 Å². The molecular weight excluding hydrogens is 219 g/mol. The third kappa shape index (κ3) is 3.72. The molecule has 0 heterocycles. The number of halogens is 1. The fourth-order valence-corrected chi connectivity index (χ4v) is 1.70. The first-order valence-corrected chi connectivity index (χ1v) is 5.63. The predicted octanol–water partition coefficient (Wildman–Crippen LogP) is 2.79. The van der Waals surface area contributed by atoms with Crippen molar-refractivity contribution in [2.45, 2.75) is 25.8 Å². The quantitative estimate of drug-likeness (QED) is 0.772. The van der Waals surface area contributed by atoms with E-state index in [1.165, 1.54) is 13.2 Å². The Morgan fingerprint density at radius 3 is 2.94 bits per heavy atom. The van der Waals surface area contributed by atoms with Crippen LogP contribution in [0.25, 0.3) is 0 Å². The standard InChI is InChI=1S/C13H17FN2O/c1-10(16-9-4-3-8-15)13-11(14)6-5-7-12(13)17-2/h5-7,10,16H,3-4,9H2,1-2H3/t10-/m1/s1. The van der Waals surface area contributed by atoms with Crippen LogP contribution in [0.15, 0.2) is 18.2 Å². The zero-order valence-electron chi connectivity index (χ0n) is 10.2. The summed E-state index contributed by atoms with van der Waals surface area (Å²) in [6.45, 7) is 2.57. The molecule has 1 aromatic carbocycles. The minimum Gasteiger partial charge on any atom is -0.496 e. The summed E-state index contributed by atoms with van der Waals surface area (Å²) >= 11 is 0. The molecular formula is C13H17FN2O. The number of hydrogen-bond acceptors (Lipinski definition) is 3. The van der Waals surface area contributed by atoms with Gasteiger partial charge in [-0.05, 0) is 32.0 Å². The van der Waals surface area contributed by atoms with E-state index in [1.807, 2.05) is 6.92 Å². The summed E-state index contributed by atoms with van der Waals surface area (Å²) in [5, 5.41) is 11.6. The number of hydrogen-bond donors (Lipinski definition) is 1. The Balaban J connectivity index is 2.68. The summed E-state index contributed by atoms with van der Waals surface area (Å²) in [6, 6.07) is 6.73. The van der Waals surface area contributed by atoms with Crippen LogP contribution in [0, 0.1) is 17.1 Å². The molecule has 0 saturated heterocycles. The van der Waals surface area contributed by atoms with Crippen LogP contribution in [0.4, 0.5) is 4.39 Å². The van der Waals surface area contributed by atoms with Gasteiger partial charge in [-0.3, -0.25) is 0 Å². The molecule has 4 heteroatoms. The van der Waals surface area contributed by atoms with Gasteiger partial charge in [0.25, 0.3) is 0 Å². The Hall–Kier alpha value is -1.60. The van der Waals surface area contributed by atoms with Crippen molar-refractivity contribution in [3.05, 3.63) is 29.6 Å². The molecule has 1 aromatic rings. The van der Waals surface area contributed by atoms with Crippen molar-refractivity contribution in [3.8, 4) is 11.8 Å². The van der Waals surface area contributed by atoms with E-state index in [-0.39, 0.29) is 11.9 Å². The van der Waals surface area contributed by atoms with E-state index in [2.05, 4.69) is 11.4 Å². The molecule has 92 valence electrons. The molecule has 0 bridgehead atoms. The molecule has 0 aliphatic carbocycles. The first-order valence-electron chi connectivity index (χ1n) is 5.63. The molecule has 0 saturated carbocycles. The lowest BCUT2D eigenvalue weighted by Gasteiger charge is -2.17. The summed E-state index contributed by atoms with van der Waals surface area (Å²) < 4.78 is 18.8. The van der Waals surface area contributed by atoms with Gasteiger partial charge in [-0.1, -0.05) is 6.07 Å². The highest BCUT2D eigenvalue weighted by Gasteiger charge is 2.15. The van der Waals surface area contributed by atoms with Crippen molar-refractivity contribution in [3.63, 3.8) is 0 Å². The smallest absolute Gasteiger partial charge is 0.131 e. The highest BCUT2D eigenvalue weighted by atomic mass is 19.1. The summed E-state index contributed by atoms with van der Waals surface area (Å²) in [7, 11) is 1.53. The van der Waals surface area contributed by atoms with Crippen LogP contribution in [0.2, 0.25) is 0 Å². The molecule has 1 atom stereocenters. The second-order valence-corrected chi connectivity index (χ2v) is 3.79. The average molecular weight is 236 g/mol. The molecule has 0 fully saturated rings. The van der Waals surface area contributed by atoms with Crippen molar-refractivity contribution in [1.82, 2.24) is 5.32 Å². The number of nitrogens with one attached hydrogen (secondary N) is 1. The zero-order valence-corrected chi connectivity index (χ0v) is 10.2. The minimum absolute atomic E-state index is 0.134. The molecule has 1 N–H and O–H groups in total. The average Bonchev–Trinajstić information content (AvgIpc) is 2.34. The molecule has 0 radical (unpaired) electrons. The summed E-state index contributed by atoms with van der Waals surface area (Å²) in [4.78, 5) is 0. The van der Waals surface area contributed by atoms with E-state index in [4.69, 9.17) is 10.00 Å². The predicted molar refractivity (Wildman–Crippen MR) is 64.2 cm³/mol. The lowest BCUT2D eigenvalue weighted by Crippen LogP contribution is -2.21. The Labute approximate surface area is 101 Å². The fraction of sp³-hybridized carbons (Fsp3) is 0.462. The van der Waals surface area contributed by atoms with Gasteiger partial charge in [0.1, 0.15) is 11.6 Å². The first-order chi connectivity index (χ1) is 8.20. The van der Waals surface area contributed by atoms with Crippen molar-refractivity contribution in [2.24, 2.45) is 0 Å². The van der Waals surface area contributed by atoms with Crippen molar-refractivity contribution < 1.29 is 9.13 Å². The van der Waals surface area contributed by atoms with Gasteiger partial charge in [-0.15, -0.1) is 0 Å². The van der Waals surface area contributed by atoms with Crippen molar-refractivity contribution in [2.75, 3.05) is 13.7 Å². The Bertz CT molecular complexity index is 401. The SMILES string of the molecule is COc1cccc(F)c1[C@@H](C)NCCCC#N. The highest BCUT2D eigenvalue weighted by Crippen LogP contribution is 2.27. The van der Waals surface area contributed by atoms with Gasteiger partial charge in [0.2, 0.25) is 0 Å². The number of rotatable bonds is 6. The van der Waals surface area contributed by atoms with Crippen molar-refractivity contribution in [1.29, 1.82) is 5.26 Å². The van der Waals surface area contributed by atoms with Crippen LogP contribution in [0.1, 0.15) is 31.4 Å². The molecule has 17 heavy (non-hydrogen) atoms. The van der Waals surface area contributed by atoms with E-state index in [9.17, 15) is 4.39 Å². The Morgan fingerprint density at radius 1 is 1.53 bits per heavy atom. The number of nitriles is 1. The van der Waals surface area contributed by atoms with E-state index >= 15 is 0 Å². The second-order valence-electron chi connectivity index (χ2n) is 3.79. The van der Waals surface area contributed by atoms with E-state index in [0.29, 0.717) is 24.3 Å². The fourth-order valence-electron chi connectivity index (χ4n) is 1.70. The highest BCUT2D eigenvalue weighted by molar-refractivity contribution is 5.36. The summed E-state index contributed by atoms with van der Waals surface area (Å²) in [5.41, 5.74) is 0.534. The normalized spacial score (nSPS) is 11.9. The van der Waals surface area contributed by atoms with Crippen LogP contribution in [0.3, 0.4) is 0 Å². The third-order valence-corrected chi connectivity index (χ3v) is 2.58. The number of ether oxygens (including phenoxy) is 1. The van der Waals surface area contributed by atoms with Crippen LogP contribution in [-0.2, 0) is 0 Å². The monoisotopic (exact) mass is 236 g/mol. The Kier molecular flexibility index (Phi) is 5.44. The van der Waals surface area contributed by atoms with Gasteiger partial charge in [-0.25, -0.2) is 4.39 Å². The topological polar surface area (TPSA) is 45.0 Å². The van der Waals surface area contributed by atoms with Gasteiger partial charge in [0.15, 0.2) is 0 Å². The van der Waals surface area contributed by atoms with Crippen LogP contribution >= 0.6 is 0 Å². The molecule has 0 spiro atoms. The number of benzene rings is 1. The maximum Gasteiger partial charge on any atom is 0.131 e. The second kappa shape index (κ2) is 6.87. The largest absolute Gasteiger partial charge is 0.496 e. The van der Waals surface area contributed by atoms with E-state index in [0.717, 1.165) is 6.42 Å². The lowest BCUT2D eigenvalue weighted by atomic mass is 10.1. The van der Waals surface area contributed by atoms with Gasteiger partial charge >= 0.3 is 0 Å².